The number of benzene rings is 1. The van der Waals surface area contributed by atoms with Gasteiger partial charge in [0, 0.05) is 0 Å². The van der Waals surface area contributed by atoms with Crippen LogP contribution in [0.1, 0.15) is 49.9 Å². The topological polar surface area (TPSA) is 26.3 Å². The summed E-state index contributed by atoms with van der Waals surface area (Å²) < 4.78 is 5.59. The van der Waals surface area contributed by atoms with Gasteiger partial charge in [-0.05, 0) is 68.4 Å². The predicted octanol–water partition coefficient (Wildman–Crippen LogP) is 5.42. The summed E-state index contributed by atoms with van der Waals surface area (Å²) in [7, 11) is 0. The molecule has 1 saturated carbocycles. The van der Waals surface area contributed by atoms with Crippen molar-refractivity contribution in [3.63, 3.8) is 0 Å². The van der Waals surface area contributed by atoms with Gasteiger partial charge in [-0.25, -0.2) is 4.79 Å². The predicted molar refractivity (Wildman–Crippen MR) is 97.7 cm³/mol. The monoisotopic (exact) mass is 324 g/mol. The molecule has 2 heteroatoms. The van der Waals surface area contributed by atoms with Crippen LogP contribution in [0.5, 0.6) is 0 Å². The van der Waals surface area contributed by atoms with Crippen LogP contribution < -0.4 is 0 Å². The highest BCUT2D eigenvalue weighted by Gasteiger charge is 2.38. The van der Waals surface area contributed by atoms with Crippen molar-refractivity contribution in [1.82, 2.24) is 0 Å². The number of hydrogen-bond acceptors (Lipinski definition) is 2. The Bertz CT molecular complexity index is 629. The molecule has 1 aromatic rings. The van der Waals surface area contributed by atoms with Gasteiger partial charge in [0.1, 0.15) is 0 Å². The Morgan fingerprint density at radius 2 is 2.00 bits per heavy atom. The van der Waals surface area contributed by atoms with Gasteiger partial charge < -0.3 is 4.74 Å². The summed E-state index contributed by atoms with van der Waals surface area (Å²) in [5, 5.41) is 0. The lowest BCUT2D eigenvalue weighted by Crippen LogP contribution is -2.36. The molecule has 1 aromatic carbocycles. The molecule has 0 spiro atoms. The first kappa shape index (κ1) is 17.0. The molecule has 0 heterocycles. The van der Waals surface area contributed by atoms with Crippen LogP contribution in [0.4, 0.5) is 0 Å². The van der Waals surface area contributed by atoms with Crippen LogP contribution in [-0.4, -0.2) is 12.6 Å². The summed E-state index contributed by atoms with van der Waals surface area (Å²) in [5.41, 5.74) is 3.56. The molecule has 2 aliphatic carbocycles. The molecule has 2 aliphatic rings. The summed E-state index contributed by atoms with van der Waals surface area (Å²) in [6.07, 6.45) is 7.19. The van der Waals surface area contributed by atoms with E-state index in [-0.39, 0.29) is 5.97 Å². The van der Waals surface area contributed by atoms with Gasteiger partial charge in [-0.15, -0.1) is 0 Å². The van der Waals surface area contributed by atoms with E-state index >= 15 is 0 Å². The second-order valence-corrected chi connectivity index (χ2v) is 7.54. The number of ether oxygens (including phenoxy) is 1. The van der Waals surface area contributed by atoms with Gasteiger partial charge in [0.05, 0.1) is 12.2 Å². The molecule has 0 saturated heterocycles. The van der Waals surface area contributed by atoms with Crippen LogP contribution in [0, 0.1) is 23.7 Å². The number of carbonyl (C=O) groups excluding carboxylic acids is 1. The Morgan fingerprint density at radius 3 is 2.75 bits per heavy atom. The zero-order valence-electron chi connectivity index (χ0n) is 14.8. The summed E-state index contributed by atoms with van der Waals surface area (Å²) >= 11 is 0. The summed E-state index contributed by atoms with van der Waals surface area (Å²) in [6.45, 7) is 9.29. The van der Waals surface area contributed by atoms with E-state index in [0.717, 1.165) is 12.8 Å². The van der Waals surface area contributed by atoms with Crippen LogP contribution >= 0.6 is 0 Å². The molecule has 1 fully saturated rings. The van der Waals surface area contributed by atoms with Gasteiger partial charge in [-0.2, -0.15) is 0 Å². The van der Waals surface area contributed by atoms with Gasteiger partial charge in [0.15, 0.2) is 0 Å². The van der Waals surface area contributed by atoms with E-state index in [1.54, 1.807) is 12.1 Å². The molecule has 0 radical (unpaired) electrons. The zero-order chi connectivity index (χ0) is 17.1. The van der Waals surface area contributed by atoms with Crippen molar-refractivity contribution in [2.45, 2.75) is 39.5 Å². The van der Waals surface area contributed by atoms with Crippen molar-refractivity contribution >= 4 is 5.97 Å². The fourth-order valence-corrected chi connectivity index (χ4v) is 4.38. The van der Waals surface area contributed by atoms with Crippen molar-refractivity contribution in [2.24, 2.45) is 23.7 Å². The van der Waals surface area contributed by atoms with Crippen molar-refractivity contribution < 1.29 is 9.53 Å². The van der Waals surface area contributed by atoms with Crippen molar-refractivity contribution in [3.8, 4) is 0 Å². The maximum Gasteiger partial charge on any atom is 0.338 e. The molecule has 0 N–H and O–H groups in total. The van der Waals surface area contributed by atoms with Crippen LogP contribution in [-0.2, 0) is 4.74 Å². The maximum absolute atomic E-state index is 12.2. The molecule has 0 bridgehead atoms. The Labute approximate surface area is 145 Å². The quantitative estimate of drug-likeness (QED) is 0.546. The number of fused-ring (bicyclic) bond motifs is 1. The first-order valence-electron chi connectivity index (χ1n) is 9.13. The number of rotatable bonds is 4. The van der Waals surface area contributed by atoms with E-state index in [9.17, 15) is 4.79 Å². The molecular formula is C22H28O2. The Morgan fingerprint density at radius 1 is 1.25 bits per heavy atom. The van der Waals surface area contributed by atoms with Crippen molar-refractivity contribution in [1.29, 1.82) is 0 Å². The standard InChI is InChI=1S/C22H28O2/c1-15-9-11-19-16(2)10-12-20(21(19)13-15)17(3)14-24-22(23)18-7-5-4-6-8-18/h4-8,13,17,19-21H,2,9-12,14H2,1,3H3/t17-,19-,20-,21+/m1/s1. The maximum atomic E-state index is 12.2. The van der Waals surface area contributed by atoms with Gasteiger partial charge >= 0.3 is 5.97 Å². The number of allylic oxidation sites excluding steroid dienone is 3. The van der Waals surface area contributed by atoms with E-state index in [4.69, 9.17) is 4.74 Å². The third-order valence-corrected chi connectivity index (χ3v) is 5.83. The minimum absolute atomic E-state index is 0.213. The molecule has 4 atom stereocenters. The summed E-state index contributed by atoms with van der Waals surface area (Å²) in [4.78, 5) is 12.2. The fraction of sp³-hybridized carbons (Fsp3) is 0.500. The molecular weight excluding hydrogens is 296 g/mol. The molecule has 2 nitrogen and oxygen atoms in total. The second-order valence-electron chi connectivity index (χ2n) is 7.54. The summed E-state index contributed by atoms with van der Waals surface area (Å²) in [5.74, 6) is 1.94. The van der Waals surface area contributed by atoms with E-state index in [2.05, 4.69) is 26.5 Å². The number of hydrogen-bond donors (Lipinski definition) is 0. The van der Waals surface area contributed by atoms with Crippen molar-refractivity contribution in [2.75, 3.05) is 6.61 Å². The molecule has 0 aromatic heterocycles. The highest BCUT2D eigenvalue weighted by atomic mass is 16.5. The van der Waals surface area contributed by atoms with Gasteiger partial charge in [0.2, 0.25) is 0 Å². The molecule has 128 valence electrons. The van der Waals surface area contributed by atoms with Crippen LogP contribution in [0.15, 0.2) is 54.1 Å². The first-order valence-corrected chi connectivity index (χ1v) is 9.13. The lowest BCUT2D eigenvalue weighted by atomic mass is 9.62. The highest BCUT2D eigenvalue weighted by Crippen LogP contribution is 2.47. The third kappa shape index (κ3) is 3.63. The fourth-order valence-electron chi connectivity index (χ4n) is 4.38. The van der Waals surface area contributed by atoms with E-state index < -0.39 is 0 Å². The molecule has 0 aliphatic heterocycles. The summed E-state index contributed by atoms with van der Waals surface area (Å²) in [6, 6.07) is 9.26. The number of esters is 1. The zero-order valence-corrected chi connectivity index (χ0v) is 14.8. The molecule has 24 heavy (non-hydrogen) atoms. The van der Waals surface area contributed by atoms with Gasteiger partial charge in [0.25, 0.3) is 0 Å². The number of carbonyl (C=O) groups is 1. The largest absolute Gasteiger partial charge is 0.462 e. The van der Waals surface area contributed by atoms with E-state index in [0.29, 0.717) is 35.8 Å². The van der Waals surface area contributed by atoms with Crippen LogP contribution in [0.2, 0.25) is 0 Å². The van der Waals surface area contributed by atoms with Crippen LogP contribution in [0.3, 0.4) is 0 Å². The lowest BCUT2D eigenvalue weighted by molar-refractivity contribution is 0.0340. The Kier molecular flexibility index (Phi) is 5.23. The van der Waals surface area contributed by atoms with Crippen LogP contribution in [0.25, 0.3) is 0 Å². The average molecular weight is 324 g/mol. The SMILES string of the molecule is C=C1CC[C@H]([C@H](C)COC(=O)c2ccccc2)[C@H]2C=C(C)CC[C@H]12. The van der Waals surface area contributed by atoms with Crippen molar-refractivity contribution in [3.05, 3.63) is 59.7 Å². The Hall–Kier alpha value is -1.83. The smallest absolute Gasteiger partial charge is 0.338 e. The minimum atomic E-state index is -0.213. The Balaban J connectivity index is 1.63. The van der Waals surface area contributed by atoms with E-state index in [1.165, 1.54) is 24.0 Å². The molecule has 3 rings (SSSR count). The first-order chi connectivity index (χ1) is 11.6. The molecule has 0 unspecified atom stereocenters. The normalized spacial score (nSPS) is 27.8. The second kappa shape index (κ2) is 7.38. The third-order valence-electron chi connectivity index (χ3n) is 5.83. The van der Waals surface area contributed by atoms with Gasteiger partial charge in [-0.3, -0.25) is 0 Å². The average Bonchev–Trinajstić information content (AvgIpc) is 2.60. The highest BCUT2D eigenvalue weighted by molar-refractivity contribution is 5.89. The van der Waals surface area contributed by atoms with Gasteiger partial charge in [-0.1, -0.05) is 48.9 Å². The minimum Gasteiger partial charge on any atom is -0.462 e. The molecule has 0 amide bonds. The van der Waals surface area contributed by atoms with E-state index in [1.807, 2.05) is 18.2 Å². The lowest BCUT2D eigenvalue weighted by Gasteiger charge is -2.43.